The van der Waals surface area contributed by atoms with E-state index in [1.807, 2.05) is 36.4 Å². The number of aromatic nitrogens is 5. The molecule has 0 amide bonds. The molecule has 0 bridgehead atoms. The molecule has 0 N–H and O–H groups in total. The quantitative estimate of drug-likeness (QED) is 0.162. The Morgan fingerprint density at radius 2 is 0.742 bits per heavy atom. The van der Waals surface area contributed by atoms with E-state index in [1.54, 1.807) is 0 Å². The molecule has 0 radical (unpaired) electrons. The van der Waals surface area contributed by atoms with Crippen LogP contribution in [0.25, 0.3) is 111 Å². The van der Waals surface area contributed by atoms with Gasteiger partial charge in [-0.25, -0.2) is 15.0 Å². The summed E-state index contributed by atoms with van der Waals surface area (Å²) in [5.41, 5.74) is 14.1. The largest absolute Gasteiger partial charge is 0.309 e. The van der Waals surface area contributed by atoms with E-state index < -0.39 is 0 Å². The smallest absolute Gasteiger partial charge is 0.164 e. The van der Waals surface area contributed by atoms with Crippen molar-refractivity contribution in [2.24, 2.45) is 0 Å². The minimum Gasteiger partial charge on any atom is -0.309 e. The van der Waals surface area contributed by atoms with Crippen LogP contribution in [0.4, 0.5) is 0 Å². The molecule has 5 nitrogen and oxygen atoms in total. The Morgan fingerprint density at radius 3 is 1.40 bits per heavy atom. The molecule has 0 unspecified atom stereocenters. The molecule has 5 heteroatoms. The molecule has 12 rings (SSSR count). The molecule has 0 saturated carbocycles. The van der Waals surface area contributed by atoms with Gasteiger partial charge in [0.2, 0.25) is 0 Å². The number of para-hydroxylation sites is 4. The average Bonchev–Trinajstić information content (AvgIpc) is 3.88. The first-order valence-electron chi connectivity index (χ1n) is 21.0. The van der Waals surface area contributed by atoms with Gasteiger partial charge in [-0.1, -0.05) is 176 Å². The standard InChI is InChI=1S/C57H37N5/c1-5-19-38(20-6-1)41-35-42(57-59-55(39-21-7-2-8-22-39)58-56(60-57)40-23-9-3-10-24-40)37-44(36-41)61-51-33-16-14-28-49(51)53-46(29-18-34-52(53)61)48-31-17-30-47-45-27-13-15-32-50(45)62(54(47)48)43-25-11-4-12-26-43/h1-37H. The lowest BCUT2D eigenvalue weighted by atomic mass is 9.97. The van der Waals surface area contributed by atoms with Crippen molar-refractivity contribution in [1.82, 2.24) is 24.1 Å². The Labute approximate surface area is 358 Å². The fourth-order valence-electron chi connectivity index (χ4n) is 9.21. The summed E-state index contributed by atoms with van der Waals surface area (Å²) in [5, 5.41) is 4.84. The molecular formula is C57H37N5. The molecule has 0 atom stereocenters. The lowest BCUT2D eigenvalue weighted by molar-refractivity contribution is 1.07. The lowest BCUT2D eigenvalue weighted by Gasteiger charge is -2.15. The number of benzene rings is 9. The highest BCUT2D eigenvalue weighted by molar-refractivity contribution is 6.20. The van der Waals surface area contributed by atoms with Gasteiger partial charge in [0.15, 0.2) is 17.5 Å². The number of hydrogen-bond acceptors (Lipinski definition) is 3. The second-order valence-corrected chi connectivity index (χ2v) is 15.6. The molecule has 0 spiro atoms. The van der Waals surface area contributed by atoms with Crippen molar-refractivity contribution in [1.29, 1.82) is 0 Å². The van der Waals surface area contributed by atoms with Crippen LogP contribution >= 0.6 is 0 Å². The third-order valence-corrected chi connectivity index (χ3v) is 11.9. The monoisotopic (exact) mass is 791 g/mol. The zero-order chi connectivity index (χ0) is 41.0. The molecule has 3 heterocycles. The van der Waals surface area contributed by atoms with Crippen LogP contribution in [0.15, 0.2) is 224 Å². The van der Waals surface area contributed by atoms with Gasteiger partial charge in [0.25, 0.3) is 0 Å². The molecule has 290 valence electrons. The van der Waals surface area contributed by atoms with E-state index >= 15 is 0 Å². The van der Waals surface area contributed by atoms with Crippen molar-refractivity contribution in [2.45, 2.75) is 0 Å². The van der Waals surface area contributed by atoms with Crippen molar-refractivity contribution >= 4 is 43.6 Å². The Balaban J connectivity index is 1.13. The van der Waals surface area contributed by atoms with E-state index in [-0.39, 0.29) is 0 Å². The van der Waals surface area contributed by atoms with Crippen molar-refractivity contribution in [3.8, 4) is 67.8 Å². The van der Waals surface area contributed by atoms with Crippen LogP contribution in [0.5, 0.6) is 0 Å². The van der Waals surface area contributed by atoms with Crippen LogP contribution in [0.2, 0.25) is 0 Å². The van der Waals surface area contributed by atoms with Crippen LogP contribution in [0.1, 0.15) is 0 Å². The minimum atomic E-state index is 0.610. The first-order valence-corrected chi connectivity index (χ1v) is 21.0. The molecule has 12 aromatic rings. The Hall–Kier alpha value is -8.41. The zero-order valence-electron chi connectivity index (χ0n) is 33.6. The third kappa shape index (κ3) is 5.90. The summed E-state index contributed by atoms with van der Waals surface area (Å²) in [4.78, 5) is 15.4. The second kappa shape index (κ2) is 14.7. The van der Waals surface area contributed by atoms with Crippen LogP contribution < -0.4 is 0 Å². The zero-order valence-corrected chi connectivity index (χ0v) is 33.6. The van der Waals surface area contributed by atoms with Crippen LogP contribution in [0.3, 0.4) is 0 Å². The van der Waals surface area contributed by atoms with Crippen molar-refractivity contribution in [3.05, 3.63) is 224 Å². The SMILES string of the molecule is c1ccc(-c2cc(-c3nc(-c4ccccc4)nc(-c4ccccc4)n3)cc(-n3c4ccccc4c4c(-c5cccc6c7ccccc7n(-c7ccccc7)c56)cccc43)c2)cc1. The summed E-state index contributed by atoms with van der Waals surface area (Å²) in [5.74, 6) is 1.87. The van der Waals surface area contributed by atoms with E-state index in [2.05, 4.69) is 197 Å². The number of fused-ring (bicyclic) bond motifs is 6. The van der Waals surface area contributed by atoms with Crippen LogP contribution in [0, 0.1) is 0 Å². The summed E-state index contributed by atoms with van der Waals surface area (Å²) >= 11 is 0. The number of rotatable bonds is 7. The number of nitrogens with zero attached hydrogens (tertiary/aromatic N) is 5. The maximum atomic E-state index is 5.18. The summed E-state index contributed by atoms with van der Waals surface area (Å²) in [6, 6.07) is 79.3. The predicted molar refractivity (Wildman–Crippen MR) is 256 cm³/mol. The molecular weight excluding hydrogens is 755 g/mol. The maximum absolute atomic E-state index is 5.18. The number of hydrogen-bond donors (Lipinski definition) is 0. The van der Waals surface area contributed by atoms with Gasteiger partial charge >= 0.3 is 0 Å². The second-order valence-electron chi connectivity index (χ2n) is 15.6. The van der Waals surface area contributed by atoms with Gasteiger partial charge < -0.3 is 9.13 Å². The molecule has 0 aliphatic heterocycles. The highest BCUT2D eigenvalue weighted by Crippen LogP contribution is 2.44. The van der Waals surface area contributed by atoms with Gasteiger partial charge in [0.05, 0.1) is 22.1 Å². The fraction of sp³-hybridized carbons (Fsp3) is 0. The van der Waals surface area contributed by atoms with Gasteiger partial charge in [0, 0.05) is 55.2 Å². The van der Waals surface area contributed by atoms with E-state index in [4.69, 9.17) is 15.0 Å². The van der Waals surface area contributed by atoms with Gasteiger partial charge in [-0.3, -0.25) is 0 Å². The van der Waals surface area contributed by atoms with E-state index in [0.717, 1.165) is 50.2 Å². The van der Waals surface area contributed by atoms with Gasteiger partial charge in [-0.15, -0.1) is 0 Å². The lowest BCUT2D eigenvalue weighted by Crippen LogP contribution is -2.01. The normalized spacial score (nSPS) is 11.5. The predicted octanol–water partition coefficient (Wildman–Crippen LogP) is 14.4. The van der Waals surface area contributed by atoms with Crippen molar-refractivity contribution in [2.75, 3.05) is 0 Å². The van der Waals surface area contributed by atoms with Crippen LogP contribution in [-0.2, 0) is 0 Å². The molecule has 3 aromatic heterocycles. The summed E-state index contributed by atoms with van der Waals surface area (Å²) in [6.07, 6.45) is 0. The first-order chi connectivity index (χ1) is 30.8. The highest BCUT2D eigenvalue weighted by atomic mass is 15.0. The fourth-order valence-corrected chi connectivity index (χ4v) is 9.21. The van der Waals surface area contributed by atoms with Gasteiger partial charge in [0.1, 0.15) is 0 Å². The van der Waals surface area contributed by atoms with E-state index in [0.29, 0.717) is 17.5 Å². The minimum absolute atomic E-state index is 0.610. The third-order valence-electron chi connectivity index (χ3n) is 11.9. The summed E-state index contributed by atoms with van der Waals surface area (Å²) in [7, 11) is 0. The summed E-state index contributed by atoms with van der Waals surface area (Å²) in [6.45, 7) is 0. The molecule has 0 fully saturated rings. The molecule has 0 aliphatic carbocycles. The molecule has 62 heavy (non-hydrogen) atoms. The Kier molecular flexibility index (Phi) is 8.42. The van der Waals surface area contributed by atoms with Crippen LogP contribution in [-0.4, -0.2) is 24.1 Å². The first kappa shape index (κ1) is 35.5. The van der Waals surface area contributed by atoms with Gasteiger partial charge in [-0.2, -0.15) is 0 Å². The van der Waals surface area contributed by atoms with E-state index in [9.17, 15) is 0 Å². The average molecular weight is 792 g/mol. The Bertz CT molecular complexity index is 3550. The molecule has 0 aliphatic rings. The van der Waals surface area contributed by atoms with Gasteiger partial charge in [-0.05, 0) is 65.2 Å². The maximum Gasteiger partial charge on any atom is 0.164 e. The molecule has 0 saturated heterocycles. The van der Waals surface area contributed by atoms with Crippen molar-refractivity contribution in [3.63, 3.8) is 0 Å². The topological polar surface area (TPSA) is 48.5 Å². The highest BCUT2D eigenvalue weighted by Gasteiger charge is 2.22. The van der Waals surface area contributed by atoms with E-state index in [1.165, 1.54) is 43.7 Å². The van der Waals surface area contributed by atoms with Crippen molar-refractivity contribution < 1.29 is 0 Å². The molecule has 9 aromatic carbocycles. The summed E-state index contributed by atoms with van der Waals surface area (Å²) < 4.78 is 4.84. The Morgan fingerprint density at radius 1 is 0.274 bits per heavy atom.